The summed E-state index contributed by atoms with van der Waals surface area (Å²) in [6.07, 6.45) is 2.53. The summed E-state index contributed by atoms with van der Waals surface area (Å²) in [4.78, 5) is 28.6. The second kappa shape index (κ2) is 12.8. The van der Waals surface area contributed by atoms with Gasteiger partial charge in [-0.25, -0.2) is 0 Å². The number of unbranched alkanes of at least 4 members (excludes halogenated alkanes) is 1. The standard InChI is InChI=1S/C28H31ClN2O2/c1-2-3-17-30-28(33)26(19-22-11-6-4-7-12-22)31(21-23-13-8-5-9-14-23)27(32)20-24-15-10-16-25(29)18-24/h4-16,18,26H,2-3,17,19-21H2,1H3,(H,30,33). The molecule has 5 heteroatoms. The van der Waals surface area contributed by atoms with Crippen LogP contribution in [0.5, 0.6) is 0 Å². The Labute approximate surface area is 201 Å². The summed E-state index contributed by atoms with van der Waals surface area (Å²) in [5.74, 6) is -0.227. The van der Waals surface area contributed by atoms with Crippen molar-refractivity contribution in [1.82, 2.24) is 10.2 Å². The van der Waals surface area contributed by atoms with Gasteiger partial charge in [-0.05, 0) is 35.2 Å². The molecule has 0 aliphatic carbocycles. The third-order valence-corrected chi connectivity index (χ3v) is 5.78. The van der Waals surface area contributed by atoms with Crippen molar-refractivity contribution in [2.75, 3.05) is 6.54 Å². The number of hydrogen-bond donors (Lipinski definition) is 1. The van der Waals surface area contributed by atoms with Crippen LogP contribution in [-0.2, 0) is 29.0 Å². The van der Waals surface area contributed by atoms with Crippen molar-refractivity contribution in [2.45, 2.75) is 45.2 Å². The second-order valence-corrected chi connectivity index (χ2v) is 8.60. The number of hydrogen-bond acceptors (Lipinski definition) is 2. The van der Waals surface area contributed by atoms with E-state index in [0.29, 0.717) is 24.5 Å². The molecule has 0 aromatic heterocycles. The molecular formula is C28H31ClN2O2. The van der Waals surface area contributed by atoms with Gasteiger partial charge in [0.1, 0.15) is 6.04 Å². The van der Waals surface area contributed by atoms with Crippen molar-refractivity contribution >= 4 is 23.4 Å². The fourth-order valence-electron chi connectivity index (χ4n) is 3.76. The van der Waals surface area contributed by atoms with E-state index in [1.807, 2.05) is 72.8 Å². The Morgan fingerprint density at radius 3 is 2.15 bits per heavy atom. The molecule has 0 radical (unpaired) electrons. The van der Waals surface area contributed by atoms with Gasteiger partial charge in [0.25, 0.3) is 0 Å². The van der Waals surface area contributed by atoms with E-state index in [-0.39, 0.29) is 18.2 Å². The van der Waals surface area contributed by atoms with Crippen LogP contribution in [0.3, 0.4) is 0 Å². The monoisotopic (exact) mass is 462 g/mol. The number of carbonyl (C=O) groups is 2. The zero-order valence-corrected chi connectivity index (χ0v) is 19.8. The molecule has 0 saturated carbocycles. The predicted octanol–water partition coefficient (Wildman–Crippen LogP) is 5.44. The van der Waals surface area contributed by atoms with Crippen LogP contribution >= 0.6 is 11.6 Å². The lowest BCUT2D eigenvalue weighted by Gasteiger charge is -2.31. The zero-order chi connectivity index (χ0) is 23.5. The van der Waals surface area contributed by atoms with Crippen LogP contribution in [0.1, 0.15) is 36.5 Å². The summed E-state index contributed by atoms with van der Waals surface area (Å²) in [6.45, 7) is 3.05. The predicted molar refractivity (Wildman–Crippen MR) is 134 cm³/mol. The Hall–Kier alpha value is -3.11. The SMILES string of the molecule is CCCCNC(=O)C(Cc1ccccc1)N(Cc1ccccc1)C(=O)Cc1cccc(Cl)c1. The maximum Gasteiger partial charge on any atom is 0.243 e. The first kappa shape index (κ1) is 24.5. The van der Waals surface area contributed by atoms with Crippen LogP contribution in [0, 0.1) is 0 Å². The van der Waals surface area contributed by atoms with Gasteiger partial charge in [-0.3, -0.25) is 9.59 Å². The van der Waals surface area contributed by atoms with Gasteiger partial charge in [0.05, 0.1) is 6.42 Å². The molecule has 0 saturated heterocycles. The van der Waals surface area contributed by atoms with Crippen LogP contribution in [0.15, 0.2) is 84.9 Å². The van der Waals surface area contributed by atoms with Crippen molar-refractivity contribution in [3.63, 3.8) is 0 Å². The van der Waals surface area contributed by atoms with Gasteiger partial charge < -0.3 is 10.2 Å². The molecule has 3 rings (SSSR count). The lowest BCUT2D eigenvalue weighted by Crippen LogP contribution is -2.51. The molecule has 4 nitrogen and oxygen atoms in total. The summed E-state index contributed by atoms with van der Waals surface area (Å²) in [6, 6.07) is 26.3. The first-order valence-electron chi connectivity index (χ1n) is 11.5. The highest BCUT2D eigenvalue weighted by Crippen LogP contribution is 2.18. The fourth-order valence-corrected chi connectivity index (χ4v) is 3.98. The number of carbonyl (C=O) groups excluding carboxylic acids is 2. The van der Waals surface area contributed by atoms with E-state index >= 15 is 0 Å². The molecule has 33 heavy (non-hydrogen) atoms. The van der Waals surface area contributed by atoms with Crippen molar-refractivity contribution in [2.24, 2.45) is 0 Å². The molecule has 0 heterocycles. The van der Waals surface area contributed by atoms with Crippen molar-refractivity contribution in [1.29, 1.82) is 0 Å². The van der Waals surface area contributed by atoms with E-state index in [2.05, 4.69) is 12.2 Å². The Morgan fingerprint density at radius 1 is 0.879 bits per heavy atom. The quantitative estimate of drug-likeness (QED) is 0.386. The molecule has 0 fully saturated rings. The van der Waals surface area contributed by atoms with Crippen LogP contribution in [0.2, 0.25) is 5.02 Å². The van der Waals surface area contributed by atoms with Crippen molar-refractivity contribution < 1.29 is 9.59 Å². The van der Waals surface area contributed by atoms with Crippen LogP contribution < -0.4 is 5.32 Å². The van der Waals surface area contributed by atoms with Gasteiger partial charge in [0.2, 0.25) is 11.8 Å². The average molecular weight is 463 g/mol. The van der Waals surface area contributed by atoms with Gasteiger partial charge >= 0.3 is 0 Å². The van der Waals surface area contributed by atoms with Gasteiger partial charge in [-0.15, -0.1) is 0 Å². The third-order valence-electron chi connectivity index (χ3n) is 5.54. The van der Waals surface area contributed by atoms with Crippen LogP contribution in [-0.4, -0.2) is 29.3 Å². The summed E-state index contributed by atoms with van der Waals surface area (Å²) in [5, 5.41) is 3.63. The molecule has 3 aromatic rings. The van der Waals surface area contributed by atoms with E-state index in [0.717, 1.165) is 29.5 Å². The summed E-state index contributed by atoms with van der Waals surface area (Å²) < 4.78 is 0. The van der Waals surface area contributed by atoms with Gasteiger partial charge in [0.15, 0.2) is 0 Å². The first-order valence-corrected chi connectivity index (χ1v) is 11.8. The smallest absolute Gasteiger partial charge is 0.243 e. The van der Waals surface area contributed by atoms with Crippen LogP contribution in [0.4, 0.5) is 0 Å². The Morgan fingerprint density at radius 2 is 1.52 bits per heavy atom. The average Bonchev–Trinajstić information content (AvgIpc) is 2.82. The number of nitrogens with zero attached hydrogens (tertiary/aromatic N) is 1. The zero-order valence-electron chi connectivity index (χ0n) is 19.0. The van der Waals surface area contributed by atoms with E-state index in [4.69, 9.17) is 11.6 Å². The molecule has 1 atom stereocenters. The highest BCUT2D eigenvalue weighted by atomic mass is 35.5. The minimum Gasteiger partial charge on any atom is -0.354 e. The number of benzene rings is 3. The Kier molecular flexibility index (Phi) is 9.52. The molecule has 0 spiro atoms. The lowest BCUT2D eigenvalue weighted by molar-refractivity contribution is -0.140. The van der Waals surface area contributed by atoms with Crippen LogP contribution in [0.25, 0.3) is 0 Å². The molecule has 0 aliphatic heterocycles. The van der Waals surface area contributed by atoms with E-state index in [1.165, 1.54) is 0 Å². The molecule has 1 unspecified atom stereocenters. The fraction of sp³-hybridized carbons (Fsp3) is 0.286. The first-order chi connectivity index (χ1) is 16.1. The van der Waals surface area contributed by atoms with E-state index in [9.17, 15) is 9.59 Å². The third kappa shape index (κ3) is 7.76. The Balaban J connectivity index is 1.91. The highest BCUT2D eigenvalue weighted by Gasteiger charge is 2.30. The Bertz CT molecular complexity index is 1020. The number of nitrogens with one attached hydrogen (secondary N) is 1. The molecule has 3 aromatic carbocycles. The molecule has 1 N–H and O–H groups in total. The number of halogens is 1. The van der Waals surface area contributed by atoms with E-state index < -0.39 is 6.04 Å². The highest BCUT2D eigenvalue weighted by molar-refractivity contribution is 6.30. The van der Waals surface area contributed by atoms with Gasteiger partial charge in [-0.2, -0.15) is 0 Å². The van der Waals surface area contributed by atoms with Gasteiger partial charge in [-0.1, -0.05) is 97.7 Å². The van der Waals surface area contributed by atoms with E-state index in [1.54, 1.807) is 17.0 Å². The minimum absolute atomic E-state index is 0.104. The summed E-state index contributed by atoms with van der Waals surface area (Å²) >= 11 is 6.14. The maximum absolute atomic E-state index is 13.6. The lowest BCUT2D eigenvalue weighted by atomic mass is 10.0. The maximum atomic E-state index is 13.6. The molecule has 172 valence electrons. The number of amides is 2. The van der Waals surface area contributed by atoms with Crippen molar-refractivity contribution in [3.05, 3.63) is 107 Å². The minimum atomic E-state index is -0.615. The molecule has 0 bridgehead atoms. The summed E-state index contributed by atoms with van der Waals surface area (Å²) in [7, 11) is 0. The second-order valence-electron chi connectivity index (χ2n) is 8.16. The normalized spacial score (nSPS) is 11.6. The summed E-state index contributed by atoms with van der Waals surface area (Å²) in [5.41, 5.74) is 2.83. The molecule has 2 amide bonds. The van der Waals surface area contributed by atoms with Crippen molar-refractivity contribution in [3.8, 4) is 0 Å². The largest absolute Gasteiger partial charge is 0.354 e. The topological polar surface area (TPSA) is 49.4 Å². The van der Waals surface area contributed by atoms with Gasteiger partial charge in [0, 0.05) is 24.5 Å². The molecular weight excluding hydrogens is 432 g/mol. The number of rotatable bonds is 11. The molecule has 0 aliphatic rings.